The molecule has 2 saturated heterocycles. The highest BCUT2D eigenvalue weighted by atomic mass is 16.5. The maximum atomic E-state index is 5.36. The molecule has 0 saturated carbocycles. The monoisotopic (exact) mass is 168 g/mol. The second-order valence-electron chi connectivity index (χ2n) is 3.90. The van der Waals surface area contributed by atoms with Crippen molar-refractivity contribution in [3.8, 4) is 0 Å². The molecule has 2 fully saturated rings. The van der Waals surface area contributed by atoms with Gasteiger partial charge in [0.25, 0.3) is 0 Å². The summed E-state index contributed by atoms with van der Waals surface area (Å²) in [6, 6.07) is 0. The Bertz CT molecular complexity index is 126. The largest absolute Gasteiger partial charge is 0.381 e. The number of hydrogen-bond acceptors (Lipinski definition) is 2. The lowest BCUT2D eigenvalue weighted by Gasteiger charge is -2.28. The minimum atomic E-state index is 0.822. The van der Waals surface area contributed by atoms with E-state index in [4.69, 9.17) is 4.74 Å². The Morgan fingerprint density at radius 3 is 2.83 bits per heavy atom. The number of piperidine rings is 1. The minimum absolute atomic E-state index is 0.822. The van der Waals surface area contributed by atoms with E-state index in [0.29, 0.717) is 0 Å². The SMILES string of the molecule is [CH]1CCN(CC2CCOC2)CC1. The highest BCUT2D eigenvalue weighted by Crippen LogP contribution is 2.16. The van der Waals surface area contributed by atoms with Crippen LogP contribution in [0.5, 0.6) is 0 Å². The van der Waals surface area contributed by atoms with E-state index in [1.165, 1.54) is 38.9 Å². The molecule has 0 aliphatic carbocycles. The Kier molecular flexibility index (Phi) is 3.01. The van der Waals surface area contributed by atoms with Crippen molar-refractivity contribution >= 4 is 0 Å². The molecule has 0 aromatic rings. The van der Waals surface area contributed by atoms with Gasteiger partial charge in [-0.3, -0.25) is 0 Å². The van der Waals surface area contributed by atoms with E-state index < -0.39 is 0 Å². The van der Waals surface area contributed by atoms with E-state index in [0.717, 1.165) is 19.1 Å². The Balaban J connectivity index is 1.69. The third-order valence-corrected chi connectivity index (χ3v) is 2.84. The number of ether oxygens (including phenoxy) is 1. The number of likely N-dealkylation sites (tertiary alicyclic amines) is 1. The molecule has 2 aliphatic rings. The predicted molar refractivity (Wildman–Crippen MR) is 48.9 cm³/mol. The molecule has 1 atom stereocenters. The second-order valence-corrected chi connectivity index (χ2v) is 3.90. The number of hydrogen-bond donors (Lipinski definition) is 0. The first-order valence-electron chi connectivity index (χ1n) is 5.07. The van der Waals surface area contributed by atoms with Gasteiger partial charge in [-0.25, -0.2) is 0 Å². The molecule has 12 heavy (non-hydrogen) atoms. The topological polar surface area (TPSA) is 12.5 Å². The van der Waals surface area contributed by atoms with Gasteiger partial charge in [0.1, 0.15) is 0 Å². The number of nitrogens with zero attached hydrogens (tertiary/aromatic N) is 1. The molecule has 2 aliphatic heterocycles. The smallest absolute Gasteiger partial charge is 0.0507 e. The van der Waals surface area contributed by atoms with Crippen LogP contribution in [0.3, 0.4) is 0 Å². The first-order chi connectivity index (χ1) is 5.95. The van der Waals surface area contributed by atoms with Crippen LogP contribution in [0.1, 0.15) is 19.3 Å². The zero-order valence-electron chi connectivity index (χ0n) is 7.67. The normalized spacial score (nSPS) is 32.5. The Hall–Kier alpha value is -0.0800. The average Bonchev–Trinajstić information content (AvgIpc) is 2.59. The zero-order valence-corrected chi connectivity index (χ0v) is 7.67. The summed E-state index contributed by atoms with van der Waals surface area (Å²) < 4.78 is 5.36. The molecule has 1 unspecified atom stereocenters. The Labute approximate surface area is 74.9 Å². The van der Waals surface area contributed by atoms with Crippen LogP contribution in [0.25, 0.3) is 0 Å². The van der Waals surface area contributed by atoms with Crippen molar-refractivity contribution in [3.63, 3.8) is 0 Å². The van der Waals surface area contributed by atoms with Crippen LogP contribution >= 0.6 is 0 Å². The van der Waals surface area contributed by atoms with Gasteiger partial charge in [0.05, 0.1) is 6.61 Å². The van der Waals surface area contributed by atoms with E-state index in [-0.39, 0.29) is 0 Å². The summed E-state index contributed by atoms with van der Waals surface area (Å²) in [6.07, 6.45) is 6.25. The van der Waals surface area contributed by atoms with Crippen molar-refractivity contribution in [1.29, 1.82) is 0 Å². The summed E-state index contributed by atoms with van der Waals surface area (Å²) in [5.41, 5.74) is 0. The van der Waals surface area contributed by atoms with Crippen LogP contribution in [-0.4, -0.2) is 37.7 Å². The lowest BCUT2D eigenvalue weighted by molar-refractivity contribution is 0.163. The highest BCUT2D eigenvalue weighted by molar-refractivity contribution is 4.78. The van der Waals surface area contributed by atoms with Crippen molar-refractivity contribution in [2.45, 2.75) is 19.3 Å². The van der Waals surface area contributed by atoms with Crippen LogP contribution in [0, 0.1) is 12.3 Å². The standard InChI is InChI=1S/C10H18NO/c1-2-5-11(6-3-1)8-10-4-7-12-9-10/h1,10H,2-9H2. The van der Waals surface area contributed by atoms with Gasteiger partial charge in [-0.15, -0.1) is 0 Å². The van der Waals surface area contributed by atoms with Gasteiger partial charge in [0.15, 0.2) is 0 Å². The zero-order chi connectivity index (χ0) is 8.23. The molecule has 2 heteroatoms. The maximum Gasteiger partial charge on any atom is 0.0507 e. The van der Waals surface area contributed by atoms with Crippen molar-refractivity contribution in [1.82, 2.24) is 4.90 Å². The summed E-state index contributed by atoms with van der Waals surface area (Å²) in [4.78, 5) is 2.58. The molecule has 0 spiro atoms. The van der Waals surface area contributed by atoms with Crippen molar-refractivity contribution in [2.75, 3.05) is 32.8 Å². The lowest BCUT2D eigenvalue weighted by atomic mass is 10.1. The fraction of sp³-hybridized carbons (Fsp3) is 0.900. The summed E-state index contributed by atoms with van der Waals surface area (Å²) in [7, 11) is 0. The first kappa shape index (κ1) is 8.52. The van der Waals surface area contributed by atoms with Gasteiger partial charge in [-0.1, -0.05) is 0 Å². The van der Waals surface area contributed by atoms with Gasteiger partial charge < -0.3 is 9.64 Å². The van der Waals surface area contributed by atoms with Crippen LogP contribution < -0.4 is 0 Å². The quantitative estimate of drug-likeness (QED) is 0.616. The molecule has 0 N–H and O–H groups in total. The molecule has 1 radical (unpaired) electrons. The minimum Gasteiger partial charge on any atom is -0.381 e. The summed E-state index contributed by atoms with van der Waals surface area (Å²) >= 11 is 0. The molecule has 2 heterocycles. The molecule has 0 bridgehead atoms. The van der Waals surface area contributed by atoms with Crippen LogP contribution in [0.4, 0.5) is 0 Å². The van der Waals surface area contributed by atoms with E-state index in [1.807, 2.05) is 0 Å². The van der Waals surface area contributed by atoms with Crippen molar-refractivity contribution < 1.29 is 4.74 Å². The third-order valence-electron chi connectivity index (χ3n) is 2.84. The maximum absolute atomic E-state index is 5.36. The van der Waals surface area contributed by atoms with E-state index in [1.54, 1.807) is 0 Å². The fourth-order valence-corrected chi connectivity index (χ4v) is 2.08. The Morgan fingerprint density at radius 2 is 2.17 bits per heavy atom. The molecule has 69 valence electrons. The van der Waals surface area contributed by atoms with Gasteiger partial charge in [0.2, 0.25) is 0 Å². The molecule has 0 amide bonds. The fourth-order valence-electron chi connectivity index (χ4n) is 2.08. The molecule has 2 nitrogen and oxygen atoms in total. The number of rotatable bonds is 2. The average molecular weight is 168 g/mol. The van der Waals surface area contributed by atoms with E-state index >= 15 is 0 Å². The highest BCUT2D eigenvalue weighted by Gasteiger charge is 2.19. The third kappa shape index (κ3) is 2.20. The van der Waals surface area contributed by atoms with Gasteiger partial charge >= 0.3 is 0 Å². The van der Waals surface area contributed by atoms with Crippen molar-refractivity contribution in [3.05, 3.63) is 6.42 Å². The van der Waals surface area contributed by atoms with Gasteiger partial charge in [0, 0.05) is 13.2 Å². The van der Waals surface area contributed by atoms with E-state index in [2.05, 4.69) is 11.3 Å². The lowest BCUT2D eigenvalue weighted by Crippen LogP contribution is -2.34. The Morgan fingerprint density at radius 1 is 1.33 bits per heavy atom. The summed E-state index contributed by atoms with van der Waals surface area (Å²) in [5, 5.41) is 0. The first-order valence-corrected chi connectivity index (χ1v) is 5.07. The summed E-state index contributed by atoms with van der Waals surface area (Å²) in [5.74, 6) is 0.822. The second kappa shape index (κ2) is 4.24. The van der Waals surface area contributed by atoms with Crippen LogP contribution in [0.2, 0.25) is 0 Å². The molecule has 0 aromatic heterocycles. The summed E-state index contributed by atoms with van der Waals surface area (Å²) in [6.45, 7) is 5.81. The van der Waals surface area contributed by atoms with Gasteiger partial charge in [-0.05, 0) is 44.7 Å². The van der Waals surface area contributed by atoms with Gasteiger partial charge in [-0.2, -0.15) is 0 Å². The van der Waals surface area contributed by atoms with Crippen LogP contribution in [-0.2, 0) is 4.74 Å². The molecular weight excluding hydrogens is 150 g/mol. The molecule has 2 rings (SSSR count). The predicted octanol–water partition coefficient (Wildman–Crippen LogP) is 1.32. The van der Waals surface area contributed by atoms with Crippen molar-refractivity contribution in [2.24, 2.45) is 5.92 Å². The van der Waals surface area contributed by atoms with E-state index in [9.17, 15) is 0 Å². The molecular formula is C10H18NO. The molecule has 0 aromatic carbocycles. The van der Waals surface area contributed by atoms with Crippen LogP contribution in [0.15, 0.2) is 0 Å².